The number of aliphatic hydroxyl groups is 2. The van der Waals surface area contributed by atoms with Crippen molar-refractivity contribution in [1.82, 2.24) is 5.32 Å². The molecule has 9 nitrogen and oxygen atoms in total. The molecule has 0 aliphatic heterocycles. The van der Waals surface area contributed by atoms with Crippen LogP contribution in [0.15, 0.2) is 122 Å². The molecular weight excluding hydrogens is 976 g/mol. The molecule has 4 atom stereocenters. The number of phosphoric ester groups is 1. The van der Waals surface area contributed by atoms with Gasteiger partial charge in [-0.1, -0.05) is 264 Å². The summed E-state index contributed by atoms with van der Waals surface area (Å²) < 4.78 is 23.3. The molecule has 0 rings (SSSR count). The standard InChI is InChI=1S/C67H117N2O7P/c1-6-8-10-12-14-16-18-20-21-22-23-24-25-26-27-28-29-30-31-32-33-34-35-36-37-38-39-40-41-42-43-44-45-46-47-48-50-52-54-56-58-60-66(71)68-64(63-76-77(73,74)75-62-61-69(3,4)5)67(72)65(70)59-57-55-53-51-49-19-17-15-13-11-9-7-2/h8,10,14,16,20-21,23-24,26-27,29-30,32-33,35-36,38-39,41-42,64-65,67,70,72H,6-7,9,11-13,15,17-19,22,25,28,31,34,37,40,43-63H2,1-5H3,(H-,68,71,73,74)/b10-8-,16-14-,21-20-,24-23-,27-26-,30-29-,33-32-,36-35-,39-38-,42-41-. The van der Waals surface area contributed by atoms with Gasteiger partial charge in [-0.15, -0.1) is 0 Å². The first-order valence-corrected chi connectivity index (χ1v) is 32.4. The highest BCUT2D eigenvalue weighted by atomic mass is 31.2. The van der Waals surface area contributed by atoms with Crippen molar-refractivity contribution >= 4 is 13.7 Å². The molecule has 0 aromatic heterocycles. The minimum Gasteiger partial charge on any atom is -0.756 e. The molecule has 0 saturated carbocycles. The molecular formula is C67H117N2O7P. The Morgan fingerprint density at radius 1 is 0.481 bits per heavy atom. The van der Waals surface area contributed by atoms with Gasteiger partial charge in [-0.3, -0.25) is 9.36 Å². The van der Waals surface area contributed by atoms with Crippen LogP contribution in [0.5, 0.6) is 0 Å². The third-order valence-corrected chi connectivity index (χ3v) is 14.3. The van der Waals surface area contributed by atoms with Gasteiger partial charge in [0.25, 0.3) is 7.82 Å². The predicted molar refractivity (Wildman–Crippen MR) is 331 cm³/mol. The number of phosphoric acid groups is 1. The lowest BCUT2D eigenvalue weighted by Crippen LogP contribution is -2.51. The molecule has 0 fully saturated rings. The van der Waals surface area contributed by atoms with Crippen LogP contribution in [-0.2, 0) is 18.4 Å². The zero-order chi connectivity index (χ0) is 56.4. The van der Waals surface area contributed by atoms with Gasteiger partial charge in [0.15, 0.2) is 0 Å². The average molecular weight is 1090 g/mol. The Hall–Kier alpha value is -3.14. The minimum atomic E-state index is -4.68. The highest BCUT2D eigenvalue weighted by Gasteiger charge is 2.29. The predicted octanol–water partition coefficient (Wildman–Crippen LogP) is 17.7. The Balaban J connectivity index is 4.12. The number of rotatable bonds is 55. The van der Waals surface area contributed by atoms with Crippen LogP contribution in [0.4, 0.5) is 0 Å². The van der Waals surface area contributed by atoms with Crippen molar-refractivity contribution in [3.63, 3.8) is 0 Å². The molecule has 442 valence electrons. The first kappa shape index (κ1) is 73.9. The quantitative estimate of drug-likeness (QED) is 0.0239. The van der Waals surface area contributed by atoms with Crippen LogP contribution in [0.3, 0.4) is 0 Å². The third-order valence-electron chi connectivity index (χ3n) is 13.3. The number of nitrogens with one attached hydrogen (secondary N) is 1. The van der Waals surface area contributed by atoms with Gasteiger partial charge in [-0.25, -0.2) is 0 Å². The molecule has 0 aliphatic rings. The van der Waals surface area contributed by atoms with Crippen LogP contribution in [0.25, 0.3) is 0 Å². The molecule has 0 aromatic carbocycles. The van der Waals surface area contributed by atoms with E-state index in [1.807, 2.05) is 21.1 Å². The molecule has 4 unspecified atom stereocenters. The summed E-state index contributed by atoms with van der Waals surface area (Å²) in [5.74, 6) is -0.288. The highest BCUT2D eigenvalue weighted by molar-refractivity contribution is 7.45. The fourth-order valence-corrected chi connectivity index (χ4v) is 9.18. The van der Waals surface area contributed by atoms with E-state index in [0.717, 1.165) is 116 Å². The summed E-state index contributed by atoms with van der Waals surface area (Å²) in [5, 5.41) is 24.8. The number of hydrogen-bond donors (Lipinski definition) is 3. The van der Waals surface area contributed by atoms with Crippen molar-refractivity contribution in [2.24, 2.45) is 0 Å². The smallest absolute Gasteiger partial charge is 0.268 e. The normalized spacial score (nSPS) is 15.1. The molecule has 0 bridgehead atoms. The summed E-state index contributed by atoms with van der Waals surface area (Å²) in [5.41, 5.74) is 0. The molecule has 0 saturated heterocycles. The van der Waals surface area contributed by atoms with Crippen LogP contribution >= 0.6 is 7.82 Å². The van der Waals surface area contributed by atoms with Crippen molar-refractivity contribution in [2.45, 2.75) is 257 Å². The Morgan fingerprint density at radius 3 is 1.19 bits per heavy atom. The molecule has 10 heteroatoms. The van der Waals surface area contributed by atoms with Crippen LogP contribution < -0.4 is 10.2 Å². The van der Waals surface area contributed by atoms with Gasteiger partial charge in [-0.05, 0) is 89.9 Å². The Bertz CT molecular complexity index is 1690. The van der Waals surface area contributed by atoms with Crippen molar-refractivity contribution < 1.29 is 38.0 Å². The van der Waals surface area contributed by atoms with Crippen molar-refractivity contribution in [2.75, 3.05) is 40.9 Å². The lowest BCUT2D eigenvalue weighted by Gasteiger charge is -2.31. The second kappa shape index (κ2) is 56.1. The number of allylic oxidation sites excluding steroid dienone is 20. The van der Waals surface area contributed by atoms with Gasteiger partial charge in [-0.2, -0.15) is 0 Å². The number of unbranched alkanes of at least 4 members (excludes halogenated alkanes) is 21. The van der Waals surface area contributed by atoms with E-state index in [0.29, 0.717) is 23.9 Å². The molecule has 0 radical (unpaired) electrons. The number of nitrogens with zero attached hydrogens (tertiary/aromatic N) is 1. The molecule has 0 aliphatic carbocycles. The maximum absolute atomic E-state index is 13.0. The molecule has 0 heterocycles. The van der Waals surface area contributed by atoms with Crippen molar-refractivity contribution in [3.8, 4) is 0 Å². The van der Waals surface area contributed by atoms with E-state index in [9.17, 15) is 24.5 Å². The topological polar surface area (TPSA) is 128 Å². The van der Waals surface area contributed by atoms with Gasteiger partial charge >= 0.3 is 0 Å². The lowest BCUT2D eigenvalue weighted by molar-refractivity contribution is -0.870. The fourth-order valence-electron chi connectivity index (χ4n) is 8.46. The second-order valence-corrected chi connectivity index (χ2v) is 23.2. The maximum atomic E-state index is 13.0. The molecule has 77 heavy (non-hydrogen) atoms. The molecule has 3 N–H and O–H groups in total. The monoisotopic (exact) mass is 1090 g/mol. The molecule has 0 aromatic rings. The zero-order valence-electron chi connectivity index (χ0n) is 50.0. The Labute approximate surface area is 474 Å². The van der Waals surface area contributed by atoms with Gasteiger partial charge in [0.2, 0.25) is 5.91 Å². The fraction of sp³-hybridized carbons (Fsp3) is 0.687. The average Bonchev–Trinajstić information content (AvgIpc) is 3.39. The third kappa shape index (κ3) is 57.4. The summed E-state index contributed by atoms with van der Waals surface area (Å²) in [6.07, 6.45) is 79.8. The summed E-state index contributed by atoms with van der Waals surface area (Å²) in [6, 6.07) is -1.08. The van der Waals surface area contributed by atoms with Gasteiger partial charge in [0, 0.05) is 6.42 Å². The van der Waals surface area contributed by atoms with Crippen molar-refractivity contribution in [3.05, 3.63) is 122 Å². The van der Waals surface area contributed by atoms with E-state index in [2.05, 4.69) is 141 Å². The summed E-state index contributed by atoms with van der Waals surface area (Å²) in [7, 11) is 1.11. The van der Waals surface area contributed by atoms with Crippen LogP contribution in [0.2, 0.25) is 0 Å². The van der Waals surface area contributed by atoms with E-state index in [1.54, 1.807) is 0 Å². The van der Waals surface area contributed by atoms with E-state index < -0.39 is 32.7 Å². The van der Waals surface area contributed by atoms with Crippen LogP contribution in [-0.4, -0.2) is 79.8 Å². The van der Waals surface area contributed by atoms with Crippen molar-refractivity contribution in [1.29, 1.82) is 0 Å². The van der Waals surface area contributed by atoms with Gasteiger partial charge < -0.3 is 34.0 Å². The van der Waals surface area contributed by atoms with Gasteiger partial charge in [0.1, 0.15) is 19.3 Å². The van der Waals surface area contributed by atoms with Crippen LogP contribution in [0, 0.1) is 0 Å². The number of amides is 1. The van der Waals surface area contributed by atoms with Crippen LogP contribution in [0.1, 0.15) is 239 Å². The lowest BCUT2D eigenvalue weighted by atomic mass is 9.99. The number of carbonyl (C=O) groups excluding carboxylic acids is 1. The summed E-state index contributed by atoms with van der Waals surface area (Å²) in [4.78, 5) is 25.6. The Morgan fingerprint density at radius 2 is 0.818 bits per heavy atom. The second-order valence-electron chi connectivity index (χ2n) is 21.8. The molecule has 1 amide bonds. The minimum absolute atomic E-state index is 0.0464. The number of likely N-dealkylation sites (N-methyl/N-ethyl adjacent to an activating group) is 1. The van der Waals surface area contributed by atoms with Gasteiger partial charge in [0.05, 0.1) is 39.9 Å². The van der Waals surface area contributed by atoms with E-state index in [1.165, 1.54) is 89.9 Å². The largest absolute Gasteiger partial charge is 0.756 e. The van der Waals surface area contributed by atoms with E-state index in [-0.39, 0.29) is 18.9 Å². The Kier molecular flexibility index (Phi) is 53.9. The first-order chi connectivity index (χ1) is 37.4. The summed E-state index contributed by atoms with van der Waals surface area (Å²) >= 11 is 0. The number of aliphatic hydroxyl groups excluding tert-OH is 2. The number of carbonyl (C=O) groups is 1. The van der Waals surface area contributed by atoms with E-state index >= 15 is 0 Å². The van der Waals surface area contributed by atoms with E-state index in [4.69, 9.17) is 9.05 Å². The molecule has 0 spiro atoms. The summed E-state index contributed by atoms with van der Waals surface area (Å²) in [6.45, 7) is 4.31. The first-order valence-electron chi connectivity index (χ1n) is 31.0. The number of quaternary nitrogens is 1. The highest BCUT2D eigenvalue weighted by Crippen LogP contribution is 2.38. The number of hydrogen-bond acceptors (Lipinski definition) is 7. The maximum Gasteiger partial charge on any atom is 0.268 e. The zero-order valence-corrected chi connectivity index (χ0v) is 50.9. The SMILES string of the molecule is CC/C=C\C/C=C\C/C=C\C/C=C\C/C=C\C/C=C\C/C=C\C/C=C\C/C=C\C/C=C\CCCCCCCCCCCCC(=O)NC(COP(=O)([O-])OCC[N+](C)(C)C)C(O)C(O)CCCCCCCCCCCCCC.